The Bertz CT molecular complexity index is 1150. The van der Waals surface area contributed by atoms with Gasteiger partial charge in [-0.15, -0.1) is 0 Å². The summed E-state index contributed by atoms with van der Waals surface area (Å²) in [5.41, 5.74) is 6.01. The van der Waals surface area contributed by atoms with Crippen LogP contribution in [-0.2, 0) is 17.8 Å². The zero-order valence-electron chi connectivity index (χ0n) is 17.1. The third kappa shape index (κ3) is 4.20. The van der Waals surface area contributed by atoms with E-state index in [2.05, 4.69) is 22.3 Å². The van der Waals surface area contributed by atoms with Gasteiger partial charge in [-0.05, 0) is 24.1 Å². The number of aromatic nitrogens is 1. The maximum atomic E-state index is 11.5. The average Bonchev–Trinajstić information content (AvgIpc) is 3.19. The molecule has 2 aliphatic rings. The van der Waals surface area contributed by atoms with Gasteiger partial charge in [0.15, 0.2) is 0 Å². The molecule has 2 aliphatic heterocycles. The van der Waals surface area contributed by atoms with Crippen LogP contribution in [0.25, 0.3) is 22.4 Å². The molecule has 5 rings (SSSR count). The molecule has 1 atom stereocenters. The van der Waals surface area contributed by atoms with Gasteiger partial charge in [0, 0.05) is 65.9 Å². The van der Waals surface area contributed by atoms with Crippen molar-refractivity contribution in [3.8, 4) is 22.4 Å². The molecule has 2 aromatic carbocycles. The fourth-order valence-electron chi connectivity index (χ4n) is 4.52. The molecule has 6 heteroatoms. The van der Waals surface area contributed by atoms with Crippen molar-refractivity contribution < 1.29 is 4.79 Å². The van der Waals surface area contributed by atoms with Crippen molar-refractivity contribution in [2.45, 2.75) is 31.8 Å². The lowest BCUT2D eigenvalue weighted by molar-refractivity contribution is -0.119. The first-order chi connectivity index (χ1) is 15.1. The SMILES string of the molecule is O=C1CC[C@@H](CN2CCc3nc(-c4cccc(-c5ccccc5Cl)c4Cl)ccc3C2)N1. The van der Waals surface area contributed by atoms with E-state index in [0.29, 0.717) is 16.5 Å². The number of nitrogens with one attached hydrogen (secondary N) is 1. The van der Waals surface area contributed by atoms with E-state index in [0.717, 1.165) is 60.6 Å². The highest BCUT2D eigenvalue weighted by atomic mass is 35.5. The van der Waals surface area contributed by atoms with Crippen LogP contribution in [0.1, 0.15) is 24.1 Å². The highest BCUT2D eigenvalue weighted by molar-refractivity contribution is 6.38. The molecule has 1 amide bonds. The summed E-state index contributed by atoms with van der Waals surface area (Å²) in [6.45, 7) is 2.71. The van der Waals surface area contributed by atoms with Crippen molar-refractivity contribution in [3.05, 3.63) is 75.9 Å². The largest absolute Gasteiger partial charge is 0.352 e. The van der Waals surface area contributed by atoms with Crippen molar-refractivity contribution in [2.75, 3.05) is 13.1 Å². The van der Waals surface area contributed by atoms with E-state index >= 15 is 0 Å². The first kappa shape index (κ1) is 20.5. The fourth-order valence-corrected chi connectivity index (χ4v) is 5.09. The van der Waals surface area contributed by atoms with Gasteiger partial charge in [-0.1, -0.05) is 65.7 Å². The Morgan fingerprint density at radius 3 is 2.58 bits per heavy atom. The molecular weight excluding hydrogens is 429 g/mol. The second-order valence-electron chi connectivity index (χ2n) is 8.24. The van der Waals surface area contributed by atoms with Gasteiger partial charge in [0.1, 0.15) is 0 Å². The smallest absolute Gasteiger partial charge is 0.220 e. The Hall–Kier alpha value is -2.40. The van der Waals surface area contributed by atoms with Gasteiger partial charge >= 0.3 is 0 Å². The Labute approximate surface area is 192 Å². The third-order valence-corrected chi connectivity index (χ3v) is 6.87. The lowest BCUT2D eigenvalue weighted by atomic mass is 9.99. The number of hydrogen-bond acceptors (Lipinski definition) is 3. The Kier molecular flexibility index (Phi) is 5.70. The van der Waals surface area contributed by atoms with Crippen molar-refractivity contribution in [3.63, 3.8) is 0 Å². The zero-order valence-corrected chi connectivity index (χ0v) is 18.6. The Morgan fingerprint density at radius 1 is 0.968 bits per heavy atom. The van der Waals surface area contributed by atoms with Crippen LogP contribution < -0.4 is 5.32 Å². The molecule has 0 saturated carbocycles. The van der Waals surface area contributed by atoms with E-state index in [4.69, 9.17) is 28.2 Å². The molecule has 4 nitrogen and oxygen atoms in total. The normalized spacial score (nSPS) is 18.6. The van der Waals surface area contributed by atoms with Crippen LogP contribution in [0.5, 0.6) is 0 Å². The summed E-state index contributed by atoms with van der Waals surface area (Å²) < 4.78 is 0. The molecule has 0 bridgehead atoms. The molecule has 0 aliphatic carbocycles. The van der Waals surface area contributed by atoms with Crippen molar-refractivity contribution in [1.82, 2.24) is 15.2 Å². The van der Waals surface area contributed by atoms with E-state index in [-0.39, 0.29) is 11.9 Å². The van der Waals surface area contributed by atoms with Gasteiger partial charge in [-0.2, -0.15) is 0 Å². The van der Waals surface area contributed by atoms with Crippen molar-refractivity contribution >= 4 is 29.1 Å². The van der Waals surface area contributed by atoms with Crippen LogP contribution in [0.2, 0.25) is 10.0 Å². The molecule has 3 heterocycles. The van der Waals surface area contributed by atoms with Crippen LogP contribution in [0.4, 0.5) is 0 Å². The molecule has 0 spiro atoms. The number of pyridine rings is 1. The van der Waals surface area contributed by atoms with Gasteiger partial charge in [0.25, 0.3) is 0 Å². The summed E-state index contributed by atoms with van der Waals surface area (Å²) >= 11 is 13.2. The summed E-state index contributed by atoms with van der Waals surface area (Å²) in [7, 11) is 0. The summed E-state index contributed by atoms with van der Waals surface area (Å²) in [4.78, 5) is 18.8. The predicted molar refractivity (Wildman–Crippen MR) is 125 cm³/mol. The van der Waals surface area contributed by atoms with E-state index in [9.17, 15) is 4.79 Å². The van der Waals surface area contributed by atoms with E-state index in [1.165, 1.54) is 5.56 Å². The number of rotatable bonds is 4. The topological polar surface area (TPSA) is 45.2 Å². The van der Waals surface area contributed by atoms with E-state index in [1.54, 1.807) is 0 Å². The molecule has 158 valence electrons. The number of nitrogens with zero attached hydrogens (tertiary/aromatic N) is 2. The highest BCUT2D eigenvalue weighted by Gasteiger charge is 2.26. The maximum absolute atomic E-state index is 11.5. The van der Waals surface area contributed by atoms with Crippen molar-refractivity contribution in [1.29, 1.82) is 0 Å². The fraction of sp³-hybridized carbons (Fsp3) is 0.280. The van der Waals surface area contributed by atoms with E-state index < -0.39 is 0 Å². The first-order valence-electron chi connectivity index (χ1n) is 10.6. The van der Waals surface area contributed by atoms with Crippen LogP contribution >= 0.6 is 23.2 Å². The summed E-state index contributed by atoms with van der Waals surface area (Å²) in [5, 5.41) is 4.41. The number of amides is 1. The van der Waals surface area contributed by atoms with Gasteiger partial charge in [-0.3, -0.25) is 14.7 Å². The van der Waals surface area contributed by atoms with Crippen LogP contribution in [0.3, 0.4) is 0 Å². The quantitative estimate of drug-likeness (QED) is 0.580. The molecule has 1 N–H and O–H groups in total. The van der Waals surface area contributed by atoms with Crippen molar-refractivity contribution in [2.24, 2.45) is 0 Å². The van der Waals surface area contributed by atoms with Crippen LogP contribution in [-0.4, -0.2) is 34.9 Å². The minimum atomic E-state index is 0.171. The lowest BCUT2D eigenvalue weighted by Crippen LogP contribution is -2.41. The summed E-state index contributed by atoms with van der Waals surface area (Å²) in [6, 6.07) is 18.2. The van der Waals surface area contributed by atoms with E-state index in [1.807, 2.05) is 42.5 Å². The number of fused-ring (bicyclic) bond motifs is 1. The lowest BCUT2D eigenvalue weighted by Gasteiger charge is -2.30. The summed E-state index contributed by atoms with van der Waals surface area (Å²) in [6.07, 6.45) is 2.47. The van der Waals surface area contributed by atoms with Crippen LogP contribution in [0, 0.1) is 0 Å². The molecular formula is C25H23Cl2N3O. The molecule has 3 aromatic rings. The second-order valence-corrected chi connectivity index (χ2v) is 9.02. The summed E-state index contributed by atoms with van der Waals surface area (Å²) in [5.74, 6) is 0.171. The highest BCUT2D eigenvalue weighted by Crippen LogP contribution is 2.38. The molecule has 0 unspecified atom stereocenters. The van der Waals surface area contributed by atoms with Crippen LogP contribution in [0.15, 0.2) is 54.6 Å². The molecule has 31 heavy (non-hydrogen) atoms. The molecule has 1 saturated heterocycles. The zero-order chi connectivity index (χ0) is 21.4. The number of benzene rings is 2. The molecule has 1 aromatic heterocycles. The second kappa shape index (κ2) is 8.62. The Morgan fingerprint density at radius 2 is 1.77 bits per heavy atom. The minimum absolute atomic E-state index is 0.171. The standard InChI is InChI=1S/C25H23Cl2N3O/c26-21-7-2-1-4-18(21)19-5-3-6-20(25(19)27)23-10-8-16-14-30(13-12-22(16)29-23)15-17-9-11-24(31)28-17/h1-8,10,17H,9,11-15H2,(H,28,31)/t17-/m0/s1. The third-order valence-electron chi connectivity index (χ3n) is 6.13. The maximum Gasteiger partial charge on any atom is 0.220 e. The number of halogens is 2. The van der Waals surface area contributed by atoms with Gasteiger partial charge in [0.2, 0.25) is 5.91 Å². The number of carbonyl (C=O) groups excluding carboxylic acids is 1. The minimum Gasteiger partial charge on any atom is -0.352 e. The monoisotopic (exact) mass is 451 g/mol. The number of carbonyl (C=O) groups is 1. The van der Waals surface area contributed by atoms with Gasteiger partial charge in [-0.25, -0.2) is 0 Å². The first-order valence-corrected chi connectivity index (χ1v) is 11.4. The Balaban J connectivity index is 1.39. The number of hydrogen-bond donors (Lipinski definition) is 1. The predicted octanol–water partition coefficient (Wildman–Crippen LogP) is 5.36. The van der Waals surface area contributed by atoms with Gasteiger partial charge in [0.05, 0.1) is 10.7 Å². The van der Waals surface area contributed by atoms with Gasteiger partial charge < -0.3 is 5.32 Å². The molecule has 0 radical (unpaired) electrons. The average molecular weight is 452 g/mol. The molecule has 1 fully saturated rings.